The number of rotatable bonds is 5. The molecule has 0 aliphatic rings. The first kappa shape index (κ1) is 15.2. The van der Waals surface area contributed by atoms with Crippen molar-refractivity contribution < 1.29 is 9.18 Å². The van der Waals surface area contributed by atoms with Gasteiger partial charge in [-0.3, -0.25) is 4.79 Å². The highest BCUT2D eigenvalue weighted by Crippen LogP contribution is 2.11. The van der Waals surface area contributed by atoms with Crippen molar-refractivity contribution in [2.45, 2.75) is 26.3 Å². The molecule has 0 N–H and O–H groups in total. The minimum absolute atomic E-state index is 0.0267. The van der Waals surface area contributed by atoms with Crippen LogP contribution in [0, 0.1) is 12.7 Å². The van der Waals surface area contributed by atoms with Crippen LogP contribution in [0.5, 0.6) is 0 Å². The highest BCUT2D eigenvalue weighted by Gasteiger charge is 2.10. The highest BCUT2D eigenvalue weighted by atomic mass is 19.1. The van der Waals surface area contributed by atoms with Gasteiger partial charge >= 0.3 is 0 Å². The van der Waals surface area contributed by atoms with Gasteiger partial charge in [0.15, 0.2) is 0 Å². The fourth-order valence-electron chi connectivity index (χ4n) is 2.19. The van der Waals surface area contributed by atoms with E-state index in [0.717, 1.165) is 5.56 Å². The number of hydrogen-bond donors (Lipinski definition) is 0. The minimum atomic E-state index is -0.244. The van der Waals surface area contributed by atoms with Crippen LogP contribution in [0.15, 0.2) is 48.5 Å². The van der Waals surface area contributed by atoms with E-state index in [1.165, 1.54) is 11.6 Å². The van der Waals surface area contributed by atoms with Crippen molar-refractivity contribution >= 4 is 5.91 Å². The maximum Gasteiger partial charge on any atom is 0.222 e. The lowest BCUT2D eigenvalue weighted by molar-refractivity contribution is -0.130. The zero-order chi connectivity index (χ0) is 15.2. The first-order valence-electron chi connectivity index (χ1n) is 7.09. The number of amides is 1. The third-order valence-corrected chi connectivity index (χ3v) is 3.53. The summed E-state index contributed by atoms with van der Waals surface area (Å²) in [5.74, 6) is -0.217. The molecule has 0 saturated carbocycles. The van der Waals surface area contributed by atoms with Gasteiger partial charge in [-0.05, 0) is 30.5 Å². The molecule has 0 heterocycles. The molecule has 0 spiro atoms. The molecule has 3 heteroatoms. The van der Waals surface area contributed by atoms with E-state index in [1.54, 1.807) is 30.1 Å². The Hall–Kier alpha value is -2.16. The van der Waals surface area contributed by atoms with E-state index in [1.807, 2.05) is 31.2 Å². The molecule has 0 atom stereocenters. The lowest BCUT2D eigenvalue weighted by Gasteiger charge is -2.17. The molecule has 0 fully saturated rings. The van der Waals surface area contributed by atoms with Crippen LogP contribution < -0.4 is 0 Å². The molecular formula is C18H20FNO. The Balaban J connectivity index is 1.88. The average molecular weight is 285 g/mol. The lowest BCUT2D eigenvalue weighted by atomic mass is 10.1. The number of nitrogens with zero attached hydrogens (tertiary/aromatic N) is 1. The maximum atomic E-state index is 13.5. The van der Waals surface area contributed by atoms with Crippen molar-refractivity contribution in [2.75, 3.05) is 7.05 Å². The predicted molar refractivity (Wildman–Crippen MR) is 82.4 cm³/mol. The molecule has 2 rings (SSSR count). The van der Waals surface area contributed by atoms with Gasteiger partial charge in [-0.15, -0.1) is 0 Å². The van der Waals surface area contributed by atoms with Crippen LogP contribution in [0.2, 0.25) is 0 Å². The number of benzene rings is 2. The van der Waals surface area contributed by atoms with E-state index < -0.39 is 0 Å². The largest absolute Gasteiger partial charge is 0.341 e. The van der Waals surface area contributed by atoms with Crippen LogP contribution in [0.4, 0.5) is 4.39 Å². The summed E-state index contributed by atoms with van der Waals surface area (Å²) in [7, 11) is 1.78. The molecule has 1 amide bonds. The van der Waals surface area contributed by atoms with Gasteiger partial charge in [-0.25, -0.2) is 4.39 Å². The van der Waals surface area contributed by atoms with E-state index in [-0.39, 0.29) is 11.7 Å². The van der Waals surface area contributed by atoms with E-state index in [2.05, 4.69) is 0 Å². The zero-order valence-electron chi connectivity index (χ0n) is 12.5. The van der Waals surface area contributed by atoms with Gasteiger partial charge in [0.1, 0.15) is 5.82 Å². The summed E-state index contributed by atoms with van der Waals surface area (Å²) < 4.78 is 13.5. The molecule has 2 aromatic carbocycles. The van der Waals surface area contributed by atoms with Crippen molar-refractivity contribution in [1.29, 1.82) is 0 Å². The van der Waals surface area contributed by atoms with Crippen molar-refractivity contribution in [1.82, 2.24) is 4.90 Å². The van der Waals surface area contributed by atoms with E-state index >= 15 is 0 Å². The van der Waals surface area contributed by atoms with Gasteiger partial charge in [0, 0.05) is 20.0 Å². The fourth-order valence-corrected chi connectivity index (χ4v) is 2.19. The second-order valence-electron chi connectivity index (χ2n) is 5.33. The first-order chi connectivity index (χ1) is 10.1. The fraction of sp³-hybridized carbons (Fsp3) is 0.278. The normalized spacial score (nSPS) is 10.4. The van der Waals surface area contributed by atoms with Crippen LogP contribution in [-0.2, 0) is 17.8 Å². The Kier molecular flexibility index (Phi) is 5.09. The first-order valence-corrected chi connectivity index (χ1v) is 7.09. The lowest BCUT2D eigenvalue weighted by Crippen LogP contribution is -2.26. The second kappa shape index (κ2) is 7.02. The predicted octanol–water partition coefficient (Wildman–Crippen LogP) is 3.73. The summed E-state index contributed by atoms with van der Waals surface area (Å²) in [6.07, 6.45) is 0.757. The van der Waals surface area contributed by atoms with Crippen LogP contribution in [0.1, 0.15) is 23.1 Å². The standard InChI is InChI=1S/C18H20FNO/c1-14-7-9-15(10-8-14)13-20(2)18(21)12-11-16-5-3-4-6-17(16)19/h3-10H,11-13H2,1-2H3. The van der Waals surface area contributed by atoms with E-state index in [9.17, 15) is 9.18 Å². The van der Waals surface area contributed by atoms with Gasteiger partial charge in [-0.1, -0.05) is 48.0 Å². The van der Waals surface area contributed by atoms with Crippen LogP contribution in [0.3, 0.4) is 0 Å². The molecule has 21 heavy (non-hydrogen) atoms. The minimum Gasteiger partial charge on any atom is -0.341 e. The van der Waals surface area contributed by atoms with Crippen LogP contribution in [0.25, 0.3) is 0 Å². The number of halogens is 1. The van der Waals surface area contributed by atoms with E-state index in [4.69, 9.17) is 0 Å². The molecule has 0 unspecified atom stereocenters. The molecule has 0 aromatic heterocycles. The number of hydrogen-bond acceptors (Lipinski definition) is 1. The molecule has 110 valence electrons. The van der Waals surface area contributed by atoms with Crippen molar-refractivity contribution in [2.24, 2.45) is 0 Å². The topological polar surface area (TPSA) is 20.3 Å². The highest BCUT2D eigenvalue weighted by molar-refractivity contribution is 5.76. The summed E-state index contributed by atoms with van der Waals surface area (Å²) in [4.78, 5) is 13.8. The van der Waals surface area contributed by atoms with Gasteiger partial charge in [0.05, 0.1) is 0 Å². The van der Waals surface area contributed by atoms with Gasteiger partial charge in [0.25, 0.3) is 0 Å². The molecule has 0 radical (unpaired) electrons. The van der Waals surface area contributed by atoms with Crippen molar-refractivity contribution in [3.05, 3.63) is 71.0 Å². The molecule has 2 aromatic rings. The Morgan fingerprint density at radius 3 is 2.43 bits per heavy atom. The molecule has 0 aliphatic carbocycles. The Labute approximate surface area is 125 Å². The average Bonchev–Trinajstić information content (AvgIpc) is 2.48. The monoisotopic (exact) mass is 285 g/mol. The number of aryl methyl sites for hydroxylation is 2. The summed E-state index contributed by atoms with van der Waals surface area (Å²) in [5.41, 5.74) is 2.89. The molecule has 0 aliphatic heterocycles. The summed E-state index contributed by atoms with van der Waals surface area (Å²) in [6, 6.07) is 14.7. The third kappa shape index (κ3) is 4.42. The Morgan fingerprint density at radius 1 is 1.10 bits per heavy atom. The maximum absolute atomic E-state index is 13.5. The SMILES string of the molecule is Cc1ccc(CN(C)C(=O)CCc2ccccc2F)cc1. The summed E-state index contributed by atoms with van der Waals surface area (Å²) in [5, 5.41) is 0. The quantitative estimate of drug-likeness (QED) is 0.820. The third-order valence-electron chi connectivity index (χ3n) is 3.53. The molecule has 2 nitrogen and oxygen atoms in total. The Bertz CT molecular complexity index is 607. The number of carbonyl (C=O) groups excluding carboxylic acids is 1. The molecular weight excluding hydrogens is 265 g/mol. The molecule has 0 bridgehead atoms. The van der Waals surface area contributed by atoms with Crippen molar-refractivity contribution in [3.8, 4) is 0 Å². The van der Waals surface area contributed by atoms with Gasteiger partial charge in [0.2, 0.25) is 5.91 Å². The smallest absolute Gasteiger partial charge is 0.222 e. The molecule has 0 saturated heterocycles. The summed E-state index contributed by atoms with van der Waals surface area (Å²) in [6.45, 7) is 2.61. The number of carbonyl (C=O) groups is 1. The summed E-state index contributed by atoms with van der Waals surface area (Å²) >= 11 is 0. The second-order valence-corrected chi connectivity index (χ2v) is 5.33. The Morgan fingerprint density at radius 2 is 1.76 bits per heavy atom. The van der Waals surface area contributed by atoms with E-state index in [0.29, 0.717) is 24.9 Å². The van der Waals surface area contributed by atoms with Gasteiger partial charge < -0.3 is 4.90 Å². The van der Waals surface area contributed by atoms with Crippen LogP contribution >= 0.6 is 0 Å². The zero-order valence-corrected chi connectivity index (χ0v) is 12.5. The van der Waals surface area contributed by atoms with Gasteiger partial charge in [-0.2, -0.15) is 0 Å². The van der Waals surface area contributed by atoms with Crippen LogP contribution in [-0.4, -0.2) is 17.9 Å². The van der Waals surface area contributed by atoms with Crippen molar-refractivity contribution in [3.63, 3.8) is 0 Å².